The Morgan fingerprint density at radius 1 is 1.11 bits per heavy atom. The van der Waals surface area contributed by atoms with Gasteiger partial charge in [-0.25, -0.2) is 9.18 Å². The van der Waals surface area contributed by atoms with Crippen molar-refractivity contribution in [2.24, 2.45) is 5.92 Å². The lowest BCUT2D eigenvalue weighted by Gasteiger charge is -2.45. The molecule has 0 aliphatic carbocycles. The van der Waals surface area contributed by atoms with Gasteiger partial charge in [0.2, 0.25) is 0 Å². The molecule has 0 spiro atoms. The van der Waals surface area contributed by atoms with Crippen LogP contribution < -0.4 is 0 Å². The lowest BCUT2D eigenvalue weighted by atomic mass is 9.86. The summed E-state index contributed by atoms with van der Waals surface area (Å²) < 4.78 is 19.4. The van der Waals surface area contributed by atoms with E-state index in [9.17, 15) is 9.18 Å². The van der Waals surface area contributed by atoms with E-state index in [1.54, 1.807) is 23.5 Å². The van der Waals surface area contributed by atoms with E-state index in [-0.39, 0.29) is 24.1 Å². The molecule has 6 heteroatoms. The van der Waals surface area contributed by atoms with Gasteiger partial charge < -0.3 is 4.74 Å². The number of carbonyl (C=O) groups excluding carboxylic acids is 1. The first-order chi connectivity index (χ1) is 13.2. The number of rotatable bonds is 2. The highest BCUT2D eigenvalue weighted by molar-refractivity contribution is 7.10. The first-order valence-electron chi connectivity index (χ1n) is 9.70. The summed E-state index contributed by atoms with van der Waals surface area (Å²) in [4.78, 5) is 18.5. The van der Waals surface area contributed by atoms with Gasteiger partial charge in [-0.15, -0.1) is 11.3 Å². The van der Waals surface area contributed by atoms with Crippen molar-refractivity contribution in [2.45, 2.75) is 31.4 Å². The van der Waals surface area contributed by atoms with Gasteiger partial charge in [-0.2, -0.15) is 0 Å². The highest BCUT2D eigenvalue weighted by atomic mass is 32.1. The van der Waals surface area contributed by atoms with Crippen molar-refractivity contribution in [2.75, 3.05) is 26.2 Å². The van der Waals surface area contributed by atoms with Crippen LogP contribution in [0, 0.1) is 11.7 Å². The highest BCUT2D eigenvalue weighted by Crippen LogP contribution is 2.39. The number of nitrogens with zero attached hydrogens (tertiary/aromatic N) is 2. The summed E-state index contributed by atoms with van der Waals surface area (Å²) in [6, 6.07) is 8.43. The molecular weight excluding hydrogens is 363 g/mol. The molecule has 0 saturated carbocycles. The molecule has 4 aliphatic heterocycles. The monoisotopic (exact) mass is 386 g/mol. The summed E-state index contributed by atoms with van der Waals surface area (Å²) >= 11 is 1.66. The van der Waals surface area contributed by atoms with E-state index in [0.717, 1.165) is 44.5 Å². The fraction of sp³-hybridized carbons (Fsp3) is 0.476. The second kappa shape index (κ2) is 6.91. The van der Waals surface area contributed by atoms with Crippen LogP contribution in [0.15, 0.2) is 35.7 Å². The number of carbonyl (C=O) groups is 1. The zero-order valence-corrected chi connectivity index (χ0v) is 16.0. The van der Waals surface area contributed by atoms with Crippen molar-refractivity contribution in [3.05, 3.63) is 57.5 Å². The maximum absolute atomic E-state index is 13.4. The van der Waals surface area contributed by atoms with Crippen LogP contribution in [0.3, 0.4) is 0 Å². The Morgan fingerprint density at radius 2 is 1.89 bits per heavy atom. The van der Waals surface area contributed by atoms with E-state index >= 15 is 0 Å². The lowest BCUT2D eigenvalue weighted by molar-refractivity contribution is -0.0461. The Labute approximate surface area is 162 Å². The average Bonchev–Trinajstić information content (AvgIpc) is 3.18. The van der Waals surface area contributed by atoms with E-state index < -0.39 is 0 Å². The van der Waals surface area contributed by atoms with Crippen molar-refractivity contribution in [1.82, 2.24) is 9.80 Å². The van der Waals surface area contributed by atoms with Gasteiger partial charge >= 0.3 is 6.09 Å². The number of thiophene rings is 1. The van der Waals surface area contributed by atoms with Crippen LogP contribution in [0.25, 0.3) is 0 Å². The number of benzene rings is 1. The first-order valence-corrected chi connectivity index (χ1v) is 10.6. The molecule has 1 aromatic heterocycles. The maximum Gasteiger partial charge on any atom is 0.410 e. The quantitative estimate of drug-likeness (QED) is 0.780. The van der Waals surface area contributed by atoms with Crippen molar-refractivity contribution >= 4 is 17.4 Å². The lowest BCUT2D eigenvalue weighted by Crippen LogP contribution is -2.53. The van der Waals surface area contributed by atoms with Gasteiger partial charge in [0.1, 0.15) is 11.9 Å². The summed E-state index contributed by atoms with van der Waals surface area (Å²) in [5, 5.41) is 2.07. The molecule has 2 aromatic rings. The maximum atomic E-state index is 13.4. The van der Waals surface area contributed by atoms with Gasteiger partial charge in [0.15, 0.2) is 0 Å². The SMILES string of the molecule is O=C(O[C@@H]1CN2CCC1CC2)N1CCc2ccsc2C1c1ccc(F)cc1. The van der Waals surface area contributed by atoms with E-state index in [1.807, 2.05) is 4.90 Å². The molecule has 3 saturated heterocycles. The Kier molecular flexibility index (Phi) is 4.40. The molecule has 3 fully saturated rings. The predicted octanol–water partition coefficient (Wildman–Crippen LogP) is 4.07. The Hall–Kier alpha value is -1.92. The summed E-state index contributed by atoms with van der Waals surface area (Å²) in [5.74, 6) is 0.229. The smallest absolute Gasteiger partial charge is 0.410 e. The van der Waals surface area contributed by atoms with E-state index in [0.29, 0.717) is 12.5 Å². The minimum Gasteiger partial charge on any atom is -0.444 e. The number of ether oxygens (including phenoxy) is 1. The van der Waals surface area contributed by atoms with E-state index in [4.69, 9.17) is 4.74 Å². The predicted molar refractivity (Wildman–Crippen MR) is 102 cm³/mol. The largest absolute Gasteiger partial charge is 0.444 e. The van der Waals surface area contributed by atoms with Crippen LogP contribution in [0.5, 0.6) is 0 Å². The average molecular weight is 386 g/mol. The van der Waals surface area contributed by atoms with Crippen LogP contribution >= 0.6 is 11.3 Å². The fourth-order valence-electron chi connectivity index (χ4n) is 4.72. The topological polar surface area (TPSA) is 32.8 Å². The zero-order valence-electron chi connectivity index (χ0n) is 15.1. The number of halogens is 1. The van der Waals surface area contributed by atoms with E-state index in [2.05, 4.69) is 16.3 Å². The molecule has 4 nitrogen and oxygen atoms in total. The van der Waals surface area contributed by atoms with Gasteiger partial charge in [-0.05, 0) is 73.0 Å². The minimum atomic E-state index is -0.262. The van der Waals surface area contributed by atoms with E-state index in [1.165, 1.54) is 22.6 Å². The third kappa shape index (κ3) is 3.15. The van der Waals surface area contributed by atoms with Gasteiger partial charge in [0.05, 0.1) is 6.04 Å². The van der Waals surface area contributed by atoms with Gasteiger partial charge in [0, 0.05) is 18.0 Å². The molecule has 6 rings (SSSR count). The summed E-state index contributed by atoms with van der Waals surface area (Å²) in [5.41, 5.74) is 2.21. The number of hydrogen-bond donors (Lipinski definition) is 0. The number of hydrogen-bond acceptors (Lipinski definition) is 4. The number of piperidine rings is 3. The Bertz CT molecular complexity index is 829. The normalized spacial score (nSPS) is 29.4. The van der Waals surface area contributed by atoms with Gasteiger partial charge in [-0.1, -0.05) is 12.1 Å². The second-order valence-corrected chi connectivity index (χ2v) is 8.72. The van der Waals surface area contributed by atoms with Crippen molar-refractivity contribution in [1.29, 1.82) is 0 Å². The zero-order chi connectivity index (χ0) is 18.4. The molecular formula is C21H23FN2O2S. The summed E-state index contributed by atoms with van der Waals surface area (Å²) in [6.45, 7) is 3.74. The highest BCUT2D eigenvalue weighted by Gasteiger charge is 2.40. The molecule has 4 aliphatic rings. The molecule has 1 unspecified atom stereocenters. The second-order valence-electron chi connectivity index (χ2n) is 7.77. The fourth-order valence-corrected chi connectivity index (χ4v) is 5.81. The molecule has 5 heterocycles. The van der Waals surface area contributed by atoms with Gasteiger partial charge in [0.25, 0.3) is 0 Å². The molecule has 2 bridgehead atoms. The summed E-state index contributed by atoms with van der Waals surface area (Å²) in [7, 11) is 0. The van der Waals surface area contributed by atoms with Crippen LogP contribution in [0.4, 0.5) is 9.18 Å². The molecule has 1 amide bonds. The molecule has 2 atom stereocenters. The van der Waals surface area contributed by atoms with Crippen molar-refractivity contribution in [3.63, 3.8) is 0 Å². The van der Waals surface area contributed by atoms with Crippen LogP contribution in [-0.4, -0.2) is 48.2 Å². The molecule has 0 radical (unpaired) electrons. The third-order valence-corrected chi connectivity index (χ3v) is 7.24. The van der Waals surface area contributed by atoms with Crippen LogP contribution in [-0.2, 0) is 11.2 Å². The minimum absolute atomic E-state index is 0.00130. The van der Waals surface area contributed by atoms with Gasteiger partial charge in [-0.3, -0.25) is 9.80 Å². The third-order valence-electron chi connectivity index (χ3n) is 6.23. The van der Waals surface area contributed by atoms with Crippen LogP contribution in [0.2, 0.25) is 0 Å². The first kappa shape index (κ1) is 17.2. The number of amides is 1. The Morgan fingerprint density at radius 3 is 2.59 bits per heavy atom. The molecule has 0 N–H and O–H groups in total. The number of fused-ring (bicyclic) bond motifs is 4. The standard InChI is InChI=1S/C21H23FN2O2S/c22-17-3-1-15(2-4-17)19-20-16(8-12-27-20)7-11-24(19)21(25)26-18-13-23-9-5-14(18)6-10-23/h1-4,8,12,14,18-19H,5-7,9-11,13H2/t18-,19?/m1/s1. The Balaban J connectivity index is 1.41. The molecule has 1 aromatic carbocycles. The molecule has 27 heavy (non-hydrogen) atoms. The van der Waals surface area contributed by atoms with Crippen molar-refractivity contribution < 1.29 is 13.9 Å². The van der Waals surface area contributed by atoms with Crippen LogP contribution in [0.1, 0.15) is 34.9 Å². The van der Waals surface area contributed by atoms with Crippen molar-refractivity contribution in [3.8, 4) is 0 Å². The molecule has 142 valence electrons. The summed E-state index contributed by atoms with van der Waals surface area (Å²) in [6.07, 6.45) is 2.84.